The summed E-state index contributed by atoms with van der Waals surface area (Å²) in [5.41, 5.74) is 1.63. The SMILES string of the molecule is CCP(=O)(CC)c1ccccc1-c1ccccc1O. The van der Waals surface area contributed by atoms with Crippen molar-refractivity contribution < 1.29 is 9.67 Å². The first-order chi connectivity index (χ1) is 9.12. The highest BCUT2D eigenvalue weighted by Crippen LogP contribution is 2.46. The number of para-hydroxylation sites is 1. The molecule has 0 amide bonds. The third kappa shape index (κ3) is 2.59. The lowest BCUT2D eigenvalue weighted by Crippen LogP contribution is -2.11. The van der Waals surface area contributed by atoms with Crippen molar-refractivity contribution in [2.45, 2.75) is 13.8 Å². The van der Waals surface area contributed by atoms with Crippen LogP contribution in [0.25, 0.3) is 11.1 Å². The van der Waals surface area contributed by atoms with Gasteiger partial charge >= 0.3 is 0 Å². The van der Waals surface area contributed by atoms with E-state index in [4.69, 9.17) is 0 Å². The second kappa shape index (κ2) is 5.63. The van der Waals surface area contributed by atoms with E-state index in [1.54, 1.807) is 12.1 Å². The molecule has 0 aromatic heterocycles. The van der Waals surface area contributed by atoms with Crippen LogP contribution in [0, 0.1) is 0 Å². The summed E-state index contributed by atoms with van der Waals surface area (Å²) in [7, 11) is -2.37. The van der Waals surface area contributed by atoms with Gasteiger partial charge in [-0.2, -0.15) is 0 Å². The molecule has 0 saturated heterocycles. The molecule has 2 aromatic carbocycles. The first kappa shape index (κ1) is 13.9. The monoisotopic (exact) mass is 274 g/mol. The van der Waals surface area contributed by atoms with Gasteiger partial charge in [-0.1, -0.05) is 56.3 Å². The van der Waals surface area contributed by atoms with E-state index in [0.717, 1.165) is 16.4 Å². The van der Waals surface area contributed by atoms with Crippen LogP contribution < -0.4 is 5.30 Å². The molecule has 0 aliphatic rings. The van der Waals surface area contributed by atoms with Gasteiger partial charge in [0.05, 0.1) is 0 Å². The smallest absolute Gasteiger partial charge is 0.123 e. The van der Waals surface area contributed by atoms with Gasteiger partial charge in [-0.15, -0.1) is 0 Å². The Morgan fingerprint density at radius 3 is 2.00 bits per heavy atom. The van der Waals surface area contributed by atoms with Crippen LogP contribution in [-0.2, 0) is 4.57 Å². The lowest BCUT2D eigenvalue weighted by Gasteiger charge is -2.19. The molecule has 0 saturated carbocycles. The van der Waals surface area contributed by atoms with Gasteiger partial charge in [0, 0.05) is 23.2 Å². The average Bonchev–Trinajstić information content (AvgIpc) is 2.47. The van der Waals surface area contributed by atoms with Gasteiger partial charge in [0.2, 0.25) is 0 Å². The summed E-state index contributed by atoms with van der Waals surface area (Å²) in [6.45, 7) is 3.93. The minimum atomic E-state index is -2.37. The molecule has 2 rings (SSSR count). The normalized spacial score (nSPS) is 11.5. The highest BCUT2D eigenvalue weighted by Gasteiger charge is 2.24. The summed E-state index contributed by atoms with van der Waals surface area (Å²) >= 11 is 0. The Kier molecular flexibility index (Phi) is 4.11. The number of phenolic OH excluding ortho intramolecular Hbond substituents is 1. The van der Waals surface area contributed by atoms with Crippen LogP contribution in [0.3, 0.4) is 0 Å². The fraction of sp³-hybridized carbons (Fsp3) is 0.250. The summed E-state index contributed by atoms with van der Waals surface area (Å²) in [5.74, 6) is 0.230. The largest absolute Gasteiger partial charge is 0.507 e. The van der Waals surface area contributed by atoms with Crippen molar-refractivity contribution >= 4 is 12.4 Å². The van der Waals surface area contributed by atoms with Crippen LogP contribution >= 0.6 is 7.14 Å². The Morgan fingerprint density at radius 1 is 0.895 bits per heavy atom. The number of benzene rings is 2. The number of hydrogen-bond donors (Lipinski definition) is 1. The van der Waals surface area contributed by atoms with Crippen LogP contribution in [0.15, 0.2) is 48.5 Å². The highest BCUT2D eigenvalue weighted by molar-refractivity contribution is 7.71. The van der Waals surface area contributed by atoms with E-state index >= 15 is 0 Å². The van der Waals surface area contributed by atoms with Crippen molar-refractivity contribution in [2.24, 2.45) is 0 Å². The lowest BCUT2D eigenvalue weighted by atomic mass is 10.0. The molecule has 0 unspecified atom stereocenters. The molecule has 0 bridgehead atoms. The molecule has 3 heteroatoms. The van der Waals surface area contributed by atoms with Crippen LogP contribution in [-0.4, -0.2) is 17.4 Å². The van der Waals surface area contributed by atoms with E-state index < -0.39 is 7.14 Å². The van der Waals surface area contributed by atoms with Crippen molar-refractivity contribution in [1.29, 1.82) is 0 Å². The standard InChI is InChI=1S/C16H19O2P/c1-3-19(18,4-2)16-12-8-6-10-14(16)13-9-5-7-11-15(13)17/h5-12,17H,3-4H2,1-2H3. The molecular weight excluding hydrogens is 255 g/mol. The van der Waals surface area contributed by atoms with Gasteiger partial charge in [0.25, 0.3) is 0 Å². The molecule has 0 radical (unpaired) electrons. The average molecular weight is 274 g/mol. The van der Waals surface area contributed by atoms with Crippen molar-refractivity contribution in [1.82, 2.24) is 0 Å². The first-order valence-electron chi connectivity index (χ1n) is 6.58. The van der Waals surface area contributed by atoms with Gasteiger partial charge < -0.3 is 9.67 Å². The number of rotatable bonds is 4. The molecule has 1 N–H and O–H groups in total. The maximum absolute atomic E-state index is 13.0. The summed E-state index contributed by atoms with van der Waals surface area (Å²) in [4.78, 5) is 0. The van der Waals surface area contributed by atoms with E-state index in [1.165, 1.54) is 0 Å². The number of hydrogen-bond acceptors (Lipinski definition) is 2. The Balaban J connectivity index is 2.67. The van der Waals surface area contributed by atoms with E-state index in [-0.39, 0.29) is 5.75 Å². The molecule has 0 atom stereocenters. The van der Waals surface area contributed by atoms with E-state index in [9.17, 15) is 9.67 Å². The second-order valence-corrected chi connectivity index (χ2v) is 8.08. The van der Waals surface area contributed by atoms with Crippen molar-refractivity contribution in [2.75, 3.05) is 12.3 Å². The number of phenols is 1. The van der Waals surface area contributed by atoms with E-state index in [0.29, 0.717) is 12.3 Å². The summed E-state index contributed by atoms with van der Waals surface area (Å²) in [5, 5.41) is 10.9. The zero-order valence-electron chi connectivity index (χ0n) is 11.3. The molecule has 19 heavy (non-hydrogen) atoms. The molecule has 0 fully saturated rings. The van der Waals surface area contributed by atoms with Crippen molar-refractivity contribution in [3.05, 3.63) is 48.5 Å². The lowest BCUT2D eigenvalue weighted by molar-refractivity contribution is 0.477. The Bertz CT molecular complexity index is 612. The molecular formula is C16H19O2P. The van der Waals surface area contributed by atoms with Crippen LogP contribution in [0.1, 0.15) is 13.8 Å². The third-order valence-electron chi connectivity index (χ3n) is 3.56. The maximum Gasteiger partial charge on any atom is 0.123 e. The van der Waals surface area contributed by atoms with Crippen LogP contribution in [0.2, 0.25) is 0 Å². The topological polar surface area (TPSA) is 37.3 Å². The minimum absolute atomic E-state index is 0.230. The zero-order chi connectivity index (χ0) is 13.9. The van der Waals surface area contributed by atoms with Gasteiger partial charge in [-0.25, -0.2) is 0 Å². The first-order valence-corrected chi connectivity index (χ1v) is 8.66. The highest BCUT2D eigenvalue weighted by atomic mass is 31.2. The number of aromatic hydroxyl groups is 1. The van der Waals surface area contributed by atoms with E-state index in [1.807, 2.05) is 50.2 Å². The summed E-state index contributed by atoms with van der Waals surface area (Å²) < 4.78 is 13.0. The summed E-state index contributed by atoms with van der Waals surface area (Å²) in [6, 6.07) is 14.9. The van der Waals surface area contributed by atoms with Gasteiger partial charge in [0.1, 0.15) is 12.9 Å². The fourth-order valence-electron chi connectivity index (χ4n) is 2.32. The van der Waals surface area contributed by atoms with Gasteiger partial charge in [-0.3, -0.25) is 0 Å². The van der Waals surface area contributed by atoms with Gasteiger partial charge in [-0.05, 0) is 11.6 Å². The molecule has 2 aromatic rings. The third-order valence-corrected chi connectivity index (χ3v) is 6.87. The van der Waals surface area contributed by atoms with Gasteiger partial charge in [0.15, 0.2) is 0 Å². The second-order valence-electron chi connectivity index (χ2n) is 4.56. The van der Waals surface area contributed by atoms with Crippen molar-refractivity contribution in [3.8, 4) is 16.9 Å². The van der Waals surface area contributed by atoms with E-state index in [2.05, 4.69) is 0 Å². The van der Waals surface area contributed by atoms with Crippen LogP contribution in [0.4, 0.5) is 0 Å². The molecule has 0 spiro atoms. The van der Waals surface area contributed by atoms with Crippen molar-refractivity contribution in [3.63, 3.8) is 0 Å². The molecule has 0 heterocycles. The van der Waals surface area contributed by atoms with Crippen LogP contribution in [0.5, 0.6) is 5.75 Å². The Hall–Kier alpha value is -1.53. The molecule has 2 nitrogen and oxygen atoms in total. The molecule has 100 valence electrons. The Labute approximate surface area is 114 Å². The minimum Gasteiger partial charge on any atom is -0.507 e. The molecule has 0 aliphatic carbocycles. The fourth-order valence-corrected chi connectivity index (χ4v) is 4.44. The summed E-state index contributed by atoms with van der Waals surface area (Å²) in [6.07, 6.45) is 1.29. The maximum atomic E-state index is 13.0. The predicted octanol–water partition coefficient (Wildman–Crippen LogP) is 4.09. The molecule has 0 aliphatic heterocycles. The Morgan fingerprint density at radius 2 is 1.42 bits per heavy atom. The predicted molar refractivity (Wildman–Crippen MR) is 81.9 cm³/mol. The zero-order valence-corrected chi connectivity index (χ0v) is 12.2. The quantitative estimate of drug-likeness (QED) is 0.853.